The van der Waals surface area contributed by atoms with E-state index in [1.54, 1.807) is 19.2 Å². The highest BCUT2D eigenvalue weighted by molar-refractivity contribution is 6.17. The first-order chi connectivity index (χ1) is 14.1. The van der Waals surface area contributed by atoms with Crippen LogP contribution in [-0.2, 0) is 14.3 Å². The van der Waals surface area contributed by atoms with Gasteiger partial charge in [-0.05, 0) is 44.2 Å². The highest BCUT2D eigenvalue weighted by Gasteiger charge is 2.54. The van der Waals surface area contributed by atoms with Crippen molar-refractivity contribution in [2.24, 2.45) is 11.8 Å². The molecule has 0 bridgehead atoms. The van der Waals surface area contributed by atoms with Crippen molar-refractivity contribution in [3.05, 3.63) is 53.2 Å². The molecule has 4 unspecified atom stereocenters. The van der Waals surface area contributed by atoms with E-state index in [1.807, 2.05) is 18.2 Å². The van der Waals surface area contributed by atoms with Gasteiger partial charge in [-0.3, -0.25) is 19.5 Å². The second-order valence-electron chi connectivity index (χ2n) is 8.09. The van der Waals surface area contributed by atoms with Crippen LogP contribution in [-0.4, -0.2) is 27.9 Å². The normalized spacial score (nSPS) is 29.0. The third-order valence-electron chi connectivity index (χ3n) is 6.36. The molecule has 5 rings (SSSR count). The van der Waals surface area contributed by atoms with Crippen LogP contribution < -0.4 is 4.90 Å². The molecule has 0 aromatic carbocycles. The molecule has 1 amide bonds. The number of fused-ring (bicyclic) bond motifs is 1. The number of hydrogen-bond acceptors (Lipinski definition) is 6. The lowest BCUT2D eigenvalue weighted by Gasteiger charge is -2.38. The molecular weight excluding hydrogens is 370 g/mol. The molecule has 3 aliphatic rings. The molecule has 1 saturated carbocycles. The van der Waals surface area contributed by atoms with E-state index in [4.69, 9.17) is 9.26 Å². The van der Waals surface area contributed by atoms with Crippen molar-refractivity contribution in [1.29, 1.82) is 0 Å². The lowest BCUT2D eigenvalue weighted by molar-refractivity contribution is -0.132. The molecule has 0 N–H and O–H groups in total. The SMILES string of the molecule is CCC1CCC2OC3=C(C(=O)C2C1)C(c1ccccn1)N(c1cc(C)on1)C3=O. The third kappa shape index (κ3) is 2.79. The van der Waals surface area contributed by atoms with Gasteiger partial charge in [0.05, 0.1) is 17.2 Å². The number of hydrogen-bond donors (Lipinski definition) is 0. The predicted molar refractivity (Wildman–Crippen MR) is 104 cm³/mol. The number of ketones is 1. The zero-order chi connectivity index (χ0) is 20.1. The Labute approximate surface area is 168 Å². The lowest BCUT2D eigenvalue weighted by atomic mass is 9.73. The average molecular weight is 393 g/mol. The molecule has 4 heterocycles. The van der Waals surface area contributed by atoms with E-state index < -0.39 is 6.04 Å². The Hall–Kier alpha value is -2.96. The van der Waals surface area contributed by atoms with Crippen LogP contribution in [0.15, 0.2) is 46.3 Å². The maximum Gasteiger partial charge on any atom is 0.296 e. The second kappa shape index (κ2) is 6.83. The van der Waals surface area contributed by atoms with Gasteiger partial charge in [-0.2, -0.15) is 0 Å². The summed E-state index contributed by atoms with van der Waals surface area (Å²) in [5, 5.41) is 4.03. The van der Waals surface area contributed by atoms with Gasteiger partial charge in [-0.15, -0.1) is 0 Å². The minimum atomic E-state index is -0.654. The zero-order valence-electron chi connectivity index (χ0n) is 16.5. The van der Waals surface area contributed by atoms with Gasteiger partial charge in [-0.25, -0.2) is 0 Å². The van der Waals surface area contributed by atoms with Crippen LogP contribution in [0.4, 0.5) is 5.82 Å². The minimum absolute atomic E-state index is 0.0149. The van der Waals surface area contributed by atoms with Crippen LogP contribution in [0.25, 0.3) is 0 Å². The van der Waals surface area contributed by atoms with Crippen LogP contribution >= 0.6 is 0 Å². The van der Waals surface area contributed by atoms with Crippen molar-refractivity contribution >= 4 is 17.5 Å². The molecule has 2 aromatic rings. The van der Waals surface area contributed by atoms with E-state index in [9.17, 15) is 9.59 Å². The summed E-state index contributed by atoms with van der Waals surface area (Å²) in [7, 11) is 0. The zero-order valence-corrected chi connectivity index (χ0v) is 16.5. The fourth-order valence-corrected chi connectivity index (χ4v) is 4.85. The number of aromatic nitrogens is 2. The summed E-state index contributed by atoms with van der Waals surface area (Å²) < 4.78 is 11.4. The van der Waals surface area contributed by atoms with E-state index in [-0.39, 0.29) is 29.5 Å². The summed E-state index contributed by atoms with van der Waals surface area (Å²) in [4.78, 5) is 32.9. The van der Waals surface area contributed by atoms with Crippen LogP contribution in [0.3, 0.4) is 0 Å². The Kier molecular flexibility index (Phi) is 4.26. The first kappa shape index (κ1) is 18.1. The predicted octanol–water partition coefficient (Wildman–Crippen LogP) is 3.51. The number of ether oxygens (including phenoxy) is 1. The minimum Gasteiger partial charge on any atom is -0.483 e. The molecule has 4 atom stereocenters. The summed E-state index contributed by atoms with van der Waals surface area (Å²) in [6.07, 6.45) is 5.12. The highest BCUT2D eigenvalue weighted by atomic mass is 16.5. The Bertz CT molecular complexity index is 996. The molecule has 2 aliphatic heterocycles. The van der Waals surface area contributed by atoms with Gasteiger partial charge in [0, 0.05) is 12.3 Å². The molecule has 1 aliphatic carbocycles. The van der Waals surface area contributed by atoms with Crippen LogP contribution in [0.5, 0.6) is 0 Å². The maximum atomic E-state index is 13.6. The largest absolute Gasteiger partial charge is 0.483 e. The second-order valence-corrected chi connectivity index (χ2v) is 8.09. The van der Waals surface area contributed by atoms with Gasteiger partial charge < -0.3 is 9.26 Å². The van der Waals surface area contributed by atoms with Gasteiger partial charge in [0.2, 0.25) is 0 Å². The first-order valence-electron chi connectivity index (χ1n) is 10.2. The molecule has 29 heavy (non-hydrogen) atoms. The number of pyridine rings is 1. The fraction of sp³-hybridized carbons (Fsp3) is 0.455. The molecule has 2 aromatic heterocycles. The molecule has 0 radical (unpaired) electrons. The topological polar surface area (TPSA) is 85.5 Å². The van der Waals surface area contributed by atoms with E-state index in [0.717, 1.165) is 25.7 Å². The van der Waals surface area contributed by atoms with Crippen molar-refractivity contribution in [2.45, 2.75) is 51.7 Å². The summed E-state index contributed by atoms with van der Waals surface area (Å²) in [5.74, 6) is 1.08. The molecule has 0 saturated heterocycles. The smallest absolute Gasteiger partial charge is 0.296 e. The summed E-state index contributed by atoms with van der Waals surface area (Å²) >= 11 is 0. The molecule has 7 nitrogen and oxygen atoms in total. The van der Waals surface area contributed by atoms with Crippen LogP contribution in [0, 0.1) is 18.8 Å². The summed E-state index contributed by atoms with van der Waals surface area (Å²) in [5.41, 5.74) is 1.03. The van der Waals surface area contributed by atoms with E-state index in [2.05, 4.69) is 17.1 Å². The fourth-order valence-electron chi connectivity index (χ4n) is 4.85. The van der Waals surface area contributed by atoms with E-state index in [1.165, 1.54) is 4.90 Å². The maximum absolute atomic E-state index is 13.6. The number of carbonyl (C=O) groups excluding carboxylic acids is 2. The Morgan fingerprint density at radius 1 is 1.24 bits per heavy atom. The van der Waals surface area contributed by atoms with E-state index in [0.29, 0.717) is 28.8 Å². The van der Waals surface area contributed by atoms with E-state index >= 15 is 0 Å². The molecule has 150 valence electrons. The first-order valence-corrected chi connectivity index (χ1v) is 10.2. The number of carbonyl (C=O) groups is 2. The van der Waals surface area contributed by atoms with Gasteiger partial charge in [0.25, 0.3) is 5.91 Å². The lowest BCUT2D eigenvalue weighted by Crippen LogP contribution is -2.41. The quantitative estimate of drug-likeness (QED) is 0.793. The van der Waals surface area contributed by atoms with Crippen LogP contribution in [0.1, 0.15) is 50.1 Å². The Morgan fingerprint density at radius 2 is 2.10 bits per heavy atom. The number of aryl methyl sites for hydroxylation is 1. The molecular formula is C22H23N3O4. The average Bonchev–Trinajstić information content (AvgIpc) is 3.30. The summed E-state index contributed by atoms with van der Waals surface area (Å²) in [6.45, 7) is 3.93. The van der Waals surface area contributed by atoms with Gasteiger partial charge >= 0.3 is 0 Å². The number of nitrogens with zero attached hydrogens (tertiary/aromatic N) is 3. The standard InChI is InChI=1S/C22H23N3O4/c1-3-13-7-8-16-14(11-13)20(26)18-19(15-6-4-5-9-23-15)25(22(27)21(18)28-16)17-10-12(2)29-24-17/h4-6,9-10,13-14,16,19H,3,7-8,11H2,1-2H3. The Balaban J connectivity index is 1.61. The Morgan fingerprint density at radius 3 is 2.79 bits per heavy atom. The molecule has 7 heteroatoms. The van der Waals surface area contributed by atoms with Gasteiger partial charge in [0.1, 0.15) is 17.9 Å². The van der Waals surface area contributed by atoms with Crippen molar-refractivity contribution in [3.63, 3.8) is 0 Å². The summed E-state index contributed by atoms with van der Waals surface area (Å²) in [6, 6.07) is 6.52. The van der Waals surface area contributed by atoms with Gasteiger partial charge in [-0.1, -0.05) is 24.6 Å². The third-order valence-corrected chi connectivity index (χ3v) is 6.36. The molecule has 0 spiro atoms. The van der Waals surface area contributed by atoms with Crippen molar-refractivity contribution in [1.82, 2.24) is 10.1 Å². The van der Waals surface area contributed by atoms with Crippen molar-refractivity contribution in [3.8, 4) is 0 Å². The highest BCUT2D eigenvalue weighted by Crippen LogP contribution is 2.48. The number of rotatable bonds is 3. The van der Waals surface area contributed by atoms with Crippen molar-refractivity contribution < 1.29 is 18.8 Å². The van der Waals surface area contributed by atoms with Crippen LogP contribution in [0.2, 0.25) is 0 Å². The number of Topliss-reactive ketones (excluding diaryl/α,β-unsaturated/α-hetero) is 1. The molecule has 1 fully saturated rings. The van der Waals surface area contributed by atoms with Crippen molar-refractivity contribution in [2.75, 3.05) is 4.90 Å². The monoisotopic (exact) mass is 393 g/mol. The number of anilines is 1. The van der Waals surface area contributed by atoms with Gasteiger partial charge in [0.15, 0.2) is 17.4 Å². The number of amides is 1.